The van der Waals surface area contributed by atoms with Gasteiger partial charge in [-0.15, -0.1) is 0 Å². The van der Waals surface area contributed by atoms with Gasteiger partial charge in [0.1, 0.15) is 0 Å². The summed E-state index contributed by atoms with van der Waals surface area (Å²) in [5.74, 6) is 0.192. The molecular weight excluding hydrogens is 189 g/mol. The minimum Gasteiger partial charge on any atom is -0.166 e. The molecule has 0 aromatic rings. The molecule has 0 nitrogen and oxygen atoms in total. The molecule has 0 aromatic carbocycles. The number of alkyl halides is 3. The van der Waals surface area contributed by atoms with E-state index in [2.05, 4.69) is 0 Å². The summed E-state index contributed by atoms with van der Waals surface area (Å²) in [5.41, 5.74) is 0.0955. The first kappa shape index (κ1) is 11.3. The fraction of sp³-hybridized carbons (Fsp3) is 0.636. The molecular formula is C11H15F3. The zero-order valence-electron chi connectivity index (χ0n) is 8.65. The Labute approximate surface area is 82.5 Å². The molecule has 0 fully saturated rings. The molecule has 0 amide bonds. The van der Waals surface area contributed by atoms with Gasteiger partial charge in [-0.05, 0) is 18.3 Å². The molecule has 1 unspecified atom stereocenters. The summed E-state index contributed by atoms with van der Waals surface area (Å²) in [5, 5.41) is 0. The SMILES string of the molecule is CC1C=CC(C(F)(F)F)=C(C(C)C)C1. The van der Waals surface area contributed by atoms with E-state index in [9.17, 15) is 13.2 Å². The van der Waals surface area contributed by atoms with Crippen LogP contribution in [0.5, 0.6) is 0 Å². The van der Waals surface area contributed by atoms with Crippen molar-refractivity contribution in [3.05, 3.63) is 23.3 Å². The van der Waals surface area contributed by atoms with Crippen LogP contribution in [0, 0.1) is 11.8 Å². The predicted molar refractivity (Wildman–Crippen MR) is 50.8 cm³/mol. The van der Waals surface area contributed by atoms with Crippen LogP contribution in [0.25, 0.3) is 0 Å². The van der Waals surface area contributed by atoms with E-state index in [1.54, 1.807) is 6.08 Å². The van der Waals surface area contributed by atoms with E-state index in [-0.39, 0.29) is 11.8 Å². The van der Waals surface area contributed by atoms with Crippen molar-refractivity contribution in [1.29, 1.82) is 0 Å². The highest BCUT2D eigenvalue weighted by Gasteiger charge is 2.36. The average Bonchev–Trinajstić information content (AvgIpc) is 2.01. The molecule has 80 valence electrons. The highest BCUT2D eigenvalue weighted by Crippen LogP contribution is 2.37. The molecule has 1 aliphatic carbocycles. The minimum absolute atomic E-state index is 0.0287. The quantitative estimate of drug-likeness (QED) is 0.603. The molecule has 0 saturated heterocycles. The van der Waals surface area contributed by atoms with E-state index in [0.29, 0.717) is 12.0 Å². The smallest absolute Gasteiger partial charge is 0.166 e. The topological polar surface area (TPSA) is 0 Å². The van der Waals surface area contributed by atoms with E-state index in [1.165, 1.54) is 6.08 Å². The lowest BCUT2D eigenvalue weighted by molar-refractivity contribution is -0.0898. The second kappa shape index (κ2) is 3.79. The Hall–Kier alpha value is -0.730. The fourth-order valence-electron chi connectivity index (χ4n) is 1.72. The highest BCUT2D eigenvalue weighted by atomic mass is 19.4. The van der Waals surface area contributed by atoms with Crippen LogP contribution in [0.2, 0.25) is 0 Å². The number of hydrogen-bond acceptors (Lipinski definition) is 0. The van der Waals surface area contributed by atoms with Gasteiger partial charge in [0.05, 0.1) is 5.57 Å². The van der Waals surface area contributed by atoms with Gasteiger partial charge in [-0.25, -0.2) is 0 Å². The second-order valence-corrected chi connectivity index (χ2v) is 4.13. The molecule has 1 rings (SSSR count). The second-order valence-electron chi connectivity index (χ2n) is 4.13. The molecule has 1 atom stereocenters. The van der Waals surface area contributed by atoms with E-state index in [1.807, 2.05) is 20.8 Å². The van der Waals surface area contributed by atoms with Crippen LogP contribution < -0.4 is 0 Å². The van der Waals surface area contributed by atoms with E-state index in [0.717, 1.165) is 0 Å². The molecule has 14 heavy (non-hydrogen) atoms. The van der Waals surface area contributed by atoms with Gasteiger partial charge >= 0.3 is 6.18 Å². The minimum atomic E-state index is -4.20. The molecule has 0 bridgehead atoms. The number of allylic oxidation sites excluding steroid dienone is 4. The van der Waals surface area contributed by atoms with Crippen molar-refractivity contribution < 1.29 is 13.2 Å². The third-order valence-electron chi connectivity index (χ3n) is 2.48. The molecule has 0 aliphatic heterocycles. The van der Waals surface area contributed by atoms with Crippen LogP contribution >= 0.6 is 0 Å². The summed E-state index contributed by atoms with van der Waals surface area (Å²) in [6.45, 7) is 5.56. The number of hydrogen-bond donors (Lipinski definition) is 0. The lowest BCUT2D eigenvalue weighted by atomic mass is 9.84. The van der Waals surface area contributed by atoms with Crippen molar-refractivity contribution in [3.63, 3.8) is 0 Å². The van der Waals surface area contributed by atoms with Crippen LogP contribution in [0.3, 0.4) is 0 Å². The Morgan fingerprint density at radius 3 is 2.36 bits per heavy atom. The summed E-state index contributed by atoms with van der Waals surface area (Å²) >= 11 is 0. The lowest BCUT2D eigenvalue weighted by Crippen LogP contribution is -2.18. The maximum atomic E-state index is 12.6. The van der Waals surface area contributed by atoms with Gasteiger partial charge in [0.25, 0.3) is 0 Å². The van der Waals surface area contributed by atoms with E-state index < -0.39 is 11.7 Å². The third-order valence-corrected chi connectivity index (χ3v) is 2.48. The standard InChI is InChI=1S/C11H15F3/c1-7(2)9-6-8(3)4-5-10(9)11(12,13)14/h4-5,7-8H,6H2,1-3H3. The Balaban J connectivity index is 3.08. The van der Waals surface area contributed by atoms with Crippen LogP contribution in [-0.4, -0.2) is 6.18 Å². The van der Waals surface area contributed by atoms with Gasteiger partial charge in [0.2, 0.25) is 0 Å². The fourth-order valence-corrected chi connectivity index (χ4v) is 1.72. The molecule has 0 spiro atoms. The van der Waals surface area contributed by atoms with Crippen LogP contribution in [0.4, 0.5) is 13.2 Å². The molecule has 3 heteroatoms. The van der Waals surface area contributed by atoms with Gasteiger partial charge < -0.3 is 0 Å². The Morgan fingerprint density at radius 1 is 1.36 bits per heavy atom. The molecule has 1 aliphatic rings. The maximum absolute atomic E-state index is 12.6. The largest absolute Gasteiger partial charge is 0.416 e. The number of rotatable bonds is 1. The van der Waals surface area contributed by atoms with E-state index in [4.69, 9.17) is 0 Å². The average molecular weight is 204 g/mol. The van der Waals surface area contributed by atoms with Crippen molar-refractivity contribution >= 4 is 0 Å². The Morgan fingerprint density at radius 2 is 1.93 bits per heavy atom. The summed E-state index contributed by atoms with van der Waals surface area (Å²) in [6.07, 6.45) is -0.808. The molecule has 0 N–H and O–H groups in total. The molecule has 0 aromatic heterocycles. The van der Waals surface area contributed by atoms with Crippen molar-refractivity contribution in [3.8, 4) is 0 Å². The third kappa shape index (κ3) is 2.40. The highest BCUT2D eigenvalue weighted by molar-refractivity contribution is 5.35. The zero-order chi connectivity index (χ0) is 10.9. The van der Waals surface area contributed by atoms with Gasteiger partial charge in [0, 0.05) is 0 Å². The molecule has 0 saturated carbocycles. The first-order valence-electron chi connectivity index (χ1n) is 4.80. The first-order chi connectivity index (χ1) is 6.32. The van der Waals surface area contributed by atoms with Gasteiger partial charge in [-0.3, -0.25) is 0 Å². The summed E-state index contributed by atoms with van der Waals surface area (Å²) in [6, 6.07) is 0. The van der Waals surface area contributed by atoms with Crippen LogP contribution in [0.15, 0.2) is 23.3 Å². The van der Waals surface area contributed by atoms with Crippen molar-refractivity contribution in [1.82, 2.24) is 0 Å². The number of halogens is 3. The van der Waals surface area contributed by atoms with Gasteiger partial charge in [-0.2, -0.15) is 13.2 Å². The zero-order valence-corrected chi connectivity index (χ0v) is 8.65. The van der Waals surface area contributed by atoms with Crippen LogP contribution in [-0.2, 0) is 0 Å². The Kier molecular flexibility index (Phi) is 3.07. The van der Waals surface area contributed by atoms with Crippen LogP contribution in [0.1, 0.15) is 27.2 Å². The summed E-state index contributed by atoms with van der Waals surface area (Å²) in [7, 11) is 0. The van der Waals surface area contributed by atoms with E-state index >= 15 is 0 Å². The van der Waals surface area contributed by atoms with Crippen molar-refractivity contribution in [2.45, 2.75) is 33.4 Å². The summed E-state index contributed by atoms with van der Waals surface area (Å²) in [4.78, 5) is 0. The molecule has 0 heterocycles. The summed E-state index contributed by atoms with van der Waals surface area (Å²) < 4.78 is 37.7. The normalized spacial score (nSPS) is 23.5. The lowest BCUT2D eigenvalue weighted by Gasteiger charge is -2.24. The van der Waals surface area contributed by atoms with Crippen molar-refractivity contribution in [2.24, 2.45) is 11.8 Å². The molecule has 0 radical (unpaired) electrons. The predicted octanol–water partition coefficient (Wildman–Crippen LogP) is 4.10. The van der Waals surface area contributed by atoms with Gasteiger partial charge in [-0.1, -0.05) is 38.5 Å². The van der Waals surface area contributed by atoms with Crippen molar-refractivity contribution in [2.75, 3.05) is 0 Å². The first-order valence-corrected chi connectivity index (χ1v) is 4.80. The Bertz CT molecular complexity index is 269. The van der Waals surface area contributed by atoms with Gasteiger partial charge in [0.15, 0.2) is 0 Å². The maximum Gasteiger partial charge on any atom is 0.416 e. The monoisotopic (exact) mass is 204 g/mol.